The van der Waals surface area contributed by atoms with E-state index in [0.29, 0.717) is 5.56 Å². The molecule has 0 radical (unpaired) electrons. The van der Waals surface area contributed by atoms with Gasteiger partial charge in [0.1, 0.15) is 5.82 Å². The molecule has 2 N–H and O–H groups in total. The van der Waals surface area contributed by atoms with Crippen LogP contribution in [0.25, 0.3) is 5.76 Å². The second-order valence-electron chi connectivity index (χ2n) is 6.36. The Labute approximate surface area is 168 Å². The summed E-state index contributed by atoms with van der Waals surface area (Å²) in [7, 11) is -4.07. The normalized spacial score (nSPS) is 15.0. The highest BCUT2D eigenvalue weighted by atomic mass is 32.2. The van der Waals surface area contributed by atoms with Gasteiger partial charge in [-0.05, 0) is 29.8 Å². The molecule has 8 heteroatoms. The van der Waals surface area contributed by atoms with Crippen LogP contribution in [0, 0.1) is 0 Å². The van der Waals surface area contributed by atoms with E-state index in [2.05, 4.69) is 10.3 Å². The van der Waals surface area contributed by atoms with E-state index >= 15 is 0 Å². The van der Waals surface area contributed by atoms with E-state index in [0.717, 1.165) is 4.31 Å². The Hall–Kier alpha value is -3.65. The van der Waals surface area contributed by atoms with Gasteiger partial charge in [0.05, 0.1) is 11.4 Å². The van der Waals surface area contributed by atoms with Crippen LogP contribution in [-0.2, 0) is 21.4 Å². The number of carbonyl (C=O) groups excluding carboxylic acids is 1. The van der Waals surface area contributed by atoms with Gasteiger partial charge >= 0.3 is 0 Å². The van der Waals surface area contributed by atoms with Crippen LogP contribution in [0.2, 0.25) is 0 Å². The fourth-order valence-corrected chi connectivity index (χ4v) is 4.78. The Morgan fingerprint density at radius 3 is 2.38 bits per heavy atom. The highest BCUT2D eigenvalue weighted by Crippen LogP contribution is 2.36. The molecule has 1 aromatic heterocycles. The van der Waals surface area contributed by atoms with E-state index in [1.807, 2.05) is 6.07 Å². The first-order valence-electron chi connectivity index (χ1n) is 8.80. The van der Waals surface area contributed by atoms with E-state index in [9.17, 15) is 18.3 Å². The second kappa shape index (κ2) is 7.40. The van der Waals surface area contributed by atoms with Crippen LogP contribution < -0.4 is 5.32 Å². The Kier molecular flexibility index (Phi) is 4.77. The highest BCUT2D eigenvalue weighted by molar-refractivity contribution is 7.89. The average molecular weight is 407 g/mol. The lowest BCUT2D eigenvalue weighted by Crippen LogP contribution is -2.39. The zero-order valence-electron chi connectivity index (χ0n) is 15.2. The van der Waals surface area contributed by atoms with Crippen LogP contribution in [0.3, 0.4) is 0 Å². The molecule has 3 aromatic rings. The molecule has 0 atom stereocenters. The molecule has 1 aliphatic rings. The number of rotatable bonds is 4. The Bertz CT molecular complexity index is 1190. The summed E-state index contributed by atoms with van der Waals surface area (Å²) in [5.74, 6) is -0.927. The Morgan fingerprint density at radius 2 is 1.66 bits per heavy atom. The van der Waals surface area contributed by atoms with Crippen molar-refractivity contribution < 1.29 is 18.3 Å². The summed E-state index contributed by atoms with van der Waals surface area (Å²) < 4.78 is 27.5. The molecule has 0 unspecified atom stereocenters. The van der Waals surface area contributed by atoms with Gasteiger partial charge in [0.15, 0.2) is 11.5 Å². The van der Waals surface area contributed by atoms with E-state index in [1.54, 1.807) is 54.6 Å². The first-order chi connectivity index (χ1) is 14.0. The van der Waals surface area contributed by atoms with E-state index in [1.165, 1.54) is 18.3 Å². The third kappa shape index (κ3) is 3.45. The highest BCUT2D eigenvalue weighted by Gasteiger charge is 2.40. The van der Waals surface area contributed by atoms with Crippen molar-refractivity contribution in [3.63, 3.8) is 0 Å². The minimum Gasteiger partial charge on any atom is -0.505 e. The quantitative estimate of drug-likeness (QED) is 0.692. The monoisotopic (exact) mass is 407 g/mol. The molecule has 0 bridgehead atoms. The van der Waals surface area contributed by atoms with Gasteiger partial charge in [-0.3, -0.25) is 9.10 Å². The molecule has 2 aromatic carbocycles. The number of sulfonamides is 1. The zero-order valence-corrected chi connectivity index (χ0v) is 16.0. The number of carbonyl (C=O) groups is 1. The molecule has 0 aliphatic carbocycles. The van der Waals surface area contributed by atoms with Crippen molar-refractivity contribution in [1.29, 1.82) is 0 Å². The first-order valence-corrected chi connectivity index (χ1v) is 10.2. The predicted molar refractivity (Wildman–Crippen MR) is 108 cm³/mol. The van der Waals surface area contributed by atoms with E-state index in [-0.39, 0.29) is 28.5 Å². The number of hydrogen-bond donors (Lipinski definition) is 2. The number of aromatic nitrogens is 1. The smallest absolute Gasteiger partial charge is 0.278 e. The number of nitrogens with zero attached hydrogens (tertiary/aromatic N) is 2. The van der Waals surface area contributed by atoms with Gasteiger partial charge in [0.25, 0.3) is 15.9 Å². The zero-order chi connectivity index (χ0) is 20.4. The first kappa shape index (κ1) is 18.7. The lowest BCUT2D eigenvalue weighted by atomic mass is 10.1. The number of pyridine rings is 1. The summed E-state index contributed by atoms with van der Waals surface area (Å²) in [5.41, 5.74) is 0.410. The van der Waals surface area contributed by atoms with E-state index < -0.39 is 21.7 Å². The number of amides is 1. The molecule has 0 saturated heterocycles. The molecular weight excluding hydrogens is 390 g/mol. The minimum atomic E-state index is -4.07. The summed E-state index contributed by atoms with van der Waals surface area (Å²) in [6.45, 7) is -0.105. The number of anilines is 1. The Balaban J connectivity index is 1.84. The Morgan fingerprint density at radius 1 is 0.966 bits per heavy atom. The van der Waals surface area contributed by atoms with Gasteiger partial charge in [-0.15, -0.1) is 0 Å². The number of nitrogens with one attached hydrogen (secondary N) is 1. The summed E-state index contributed by atoms with van der Waals surface area (Å²) >= 11 is 0. The molecule has 0 saturated carbocycles. The molecule has 0 spiro atoms. The number of aliphatic hydroxyl groups is 1. The van der Waals surface area contributed by atoms with Crippen LogP contribution in [0.1, 0.15) is 11.1 Å². The predicted octanol–water partition coefficient (Wildman–Crippen LogP) is 3.15. The molecule has 4 rings (SSSR count). The SMILES string of the molecule is O=C(Nc1ccccn1)C1=C(O)c2ccccc2S(=O)(=O)N1Cc1ccccc1. The van der Waals surface area contributed by atoms with Crippen LogP contribution in [0.4, 0.5) is 5.82 Å². The average Bonchev–Trinajstić information content (AvgIpc) is 2.74. The fourth-order valence-electron chi connectivity index (χ4n) is 3.12. The molecule has 146 valence electrons. The molecule has 29 heavy (non-hydrogen) atoms. The number of aliphatic hydroxyl groups excluding tert-OH is 1. The summed E-state index contributed by atoms with van der Waals surface area (Å²) in [4.78, 5) is 17.0. The van der Waals surface area contributed by atoms with Crippen LogP contribution >= 0.6 is 0 Å². The minimum absolute atomic E-state index is 0.0529. The molecule has 7 nitrogen and oxygen atoms in total. The summed E-state index contributed by atoms with van der Waals surface area (Å²) in [5, 5.41) is 13.4. The molecule has 1 amide bonds. The maximum absolute atomic E-state index is 13.3. The van der Waals surface area contributed by atoms with Gasteiger partial charge in [-0.1, -0.05) is 48.5 Å². The van der Waals surface area contributed by atoms with Gasteiger partial charge in [-0.2, -0.15) is 0 Å². The van der Waals surface area contributed by atoms with Crippen molar-refractivity contribution in [2.45, 2.75) is 11.4 Å². The third-order valence-electron chi connectivity index (χ3n) is 4.47. The molecule has 2 heterocycles. The largest absolute Gasteiger partial charge is 0.505 e. The lowest BCUT2D eigenvalue weighted by molar-refractivity contribution is -0.113. The topological polar surface area (TPSA) is 99.6 Å². The standard InChI is InChI=1S/C21H17N3O4S/c25-20-16-10-4-5-11-17(16)29(27,28)24(14-15-8-2-1-3-9-15)19(20)21(26)23-18-12-6-7-13-22-18/h1-13,25H,14H2,(H,22,23,26). The van der Waals surface area contributed by atoms with Crippen molar-refractivity contribution >= 4 is 27.5 Å². The van der Waals surface area contributed by atoms with Crippen molar-refractivity contribution in [3.8, 4) is 0 Å². The molecule has 0 fully saturated rings. The van der Waals surface area contributed by atoms with Crippen molar-refractivity contribution in [1.82, 2.24) is 9.29 Å². The van der Waals surface area contributed by atoms with Gasteiger partial charge in [-0.25, -0.2) is 13.4 Å². The van der Waals surface area contributed by atoms with Gasteiger partial charge in [0, 0.05) is 11.8 Å². The van der Waals surface area contributed by atoms with Crippen LogP contribution in [0.5, 0.6) is 0 Å². The van der Waals surface area contributed by atoms with Gasteiger partial charge in [0.2, 0.25) is 0 Å². The number of fused-ring (bicyclic) bond motifs is 1. The second-order valence-corrected chi connectivity index (χ2v) is 8.19. The number of benzene rings is 2. The van der Waals surface area contributed by atoms with E-state index in [4.69, 9.17) is 0 Å². The van der Waals surface area contributed by atoms with Gasteiger partial charge < -0.3 is 10.4 Å². The fraction of sp³-hybridized carbons (Fsp3) is 0.0476. The lowest BCUT2D eigenvalue weighted by Gasteiger charge is -2.31. The number of hydrogen-bond acceptors (Lipinski definition) is 5. The summed E-state index contributed by atoms with van der Waals surface area (Å²) in [6, 6.07) is 19.9. The van der Waals surface area contributed by atoms with Crippen molar-refractivity contribution in [2.75, 3.05) is 5.32 Å². The third-order valence-corrected chi connectivity index (χ3v) is 6.28. The van der Waals surface area contributed by atoms with Crippen molar-refractivity contribution in [2.24, 2.45) is 0 Å². The molecular formula is C21H17N3O4S. The van der Waals surface area contributed by atoms with Crippen LogP contribution in [-0.4, -0.2) is 28.7 Å². The van der Waals surface area contributed by atoms with Crippen molar-refractivity contribution in [3.05, 3.63) is 95.8 Å². The maximum atomic E-state index is 13.3. The van der Waals surface area contributed by atoms with Crippen LogP contribution in [0.15, 0.2) is 89.6 Å². The maximum Gasteiger partial charge on any atom is 0.278 e. The molecule has 1 aliphatic heterocycles. The summed E-state index contributed by atoms with van der Waals surface area (Å²) in [6.07, 6.45) is 1.50.